The molecule has 0 N–H and O–H groups in total. The number of hydrogen-bond acceptors (Lipinski definition) is 2. The van der Waals surface area contributed by atoms with Gasteiger partial charge in [-0.2, -0.15) is 24.5 Å². The monoisotopic (exact) mass is 320 g/mol. The van der Waals surface area contributed by atoms with Crippen LogP contribution in [0.5, 0.6) is 5.75 Å². The third-order valence-corrected chi connectivity index (χ3v) is 3.77. The molecule has 0 saturated heterocycles. The van der Waals surface area contributed by atoms with Crippen LogP contribution in [-0.4, -0.2) is 6.61 Å². The summed E-state index contributed by atoms with van der Waals surface area (Å²) in [4.78, 5) is 0. The first kappa shape index (κ1) is 15.2. The third kappa shape index (κ3) is 3.90. The van der Waals surface area contributed by atoms with Gasteiger partial charge in [0.15, 0.2) is 0 Å². The highest BCUT2D eigenvalue weighted by Crippen LogP contribution is 2.37. The van der Waals surface area contributed by atoms with Crippen LogP contribution in [0.25, 0.3) is 0 Å². The molecular formula is C14H12ClF3OS. The number of ether oxygens (including phenoxy) is 1. The summed E-state index contributed by atoms with van der Waals surface area (Å²) in [5.41, 5.74) is 0.700. The predicted molar refractivity (Wildman–Crippen MR) is 74.5 cm³/mol. The van der Waals surface area contributed by atoms with Crippen molar-refractivity contribution in [3.63, 3.8) is 0 Å². The SMILES string of the molecule is FC(F)(F)c1cc(CCl)ccc1OCCc1ccsc1. The van der Waals surface area contributed by atoms with E-state index in [2.05, 4.69) is 0 Å². The molecule has 0 bridgehead atoms. The smallest absolute Gasteiger partial charge is 0.419 e. The Bertz CT molecular complexity index is 552. The Morgan fingerprint density at radius 1 is 1.15 bits per heavy atom. The lowest BCUT2D eigenvalue weighted by Crippen LogP contribution is -2.10. The zero-order valence-corrected chi connectivity index (χ0v) is 12.0. The average molecular weight is 321 g/mol. The molecule has 2 rings (SSSR count). The molecule has 1 nitrogen and oxygen atoms in total. The van der Waals surface area contributed by atoms with Crippen LogP contribution in [0.4, 0.5) is 13.2 Å². The molecular weight excluding hydrogens is 309 g/mol. The summed E-state index contributed by atoms with van der Waals surface area (Å²) in [6.45, 7) is 0.208. The fourth-order valence-corrected chi connectivity index (χ4v) is 2.59. The highest BCUT2D eigenvalue weighted by molar-refractivity contribution is 7.07. The Hall–Kier alpha value is -1.20. The van der Waals surface area contributed by atoms with Crippen molar-refractivity contribution >= 4 is 22.9 Å². The maximum absolute atomic E-state index is 12.9. The van der Waals surface area contributed by atoms with Gasteiger partial charge in [-0.3, -0.25) is 0 Å². The fraction of sp³-hybridized carbons (Fsp3) is 0.286. The highest BCUT2D eigenvalue weighted by Gasteiger charge is 2.34. The summed E-state index contributed by atoms with van der Waals surface area (Å²) in [5, 5.41) is 3.87. The van der Waals surface area contributed by atoms with Crippen LogP contribution in [0.3, 0.4) is 0 Å². The molecule has 0 aliphatic heterocycles. The minimum atomic E-state index is -4.44. The molecule has 0 unspecified atom stereocenters. The third-order valence-electron chi connectivity index (χ3n) is 2.73. The summed E-state index contributed by atoms with van der Waals surface area (Å²) >= 11 is 7.11. The van der Waals surface area contributed by atoms with Gasteiger partial charge in [0.1, 0.15) is 5.75 Å². The molecule has 0 saturated carbocycles. The van der Waals surface area contributed by atoms with Crippen molar-refractivity contribution in [1.82, 2.24) is 0 Å². The first-order valence-electron chi connectivity index (χ1n) is 5.90. The number of halogens is 4. The van der Waals surface area contributed by atoms with E-state index in [1.807, 2.05) is 16.8 Å². The van der Waals surface area contributed by atoms with Crippen LogP contribution < -0.4 is 4.74 Å². The Balaban J connectivity index is 2.10. The maximum Gasteiger partial charge on any atom is 0.419 e. The van der Waals surface area contributed by atoms with Crippen LogP contribution in [0.2, 0.25) is 0 Å². The van der Waals surface area contributed by atoms with Gasteiger partial charge in [-0.15, -0.1) is 11.6 Å². The van der Waals surface area contributed by atoms with Crippen LogP contribution in [0.15, 0.2) is 35.0 Å². The lowest BCUT2D eigenvalue weighted by atomic mass is 10.1. The summed E-state index contributed by atoms with van der Waals surface area (Å²) < 4.78 is 44.1. The first-order valence-corrected chi connectivity index (χ1v) is 7.38. The zero-order chi connectivity index (χ0) is 14.6. The number of benzene rings is 1. The van der Waals surface area contributed by atoms with Crippen molar-refractivity contribution in [2.24, 2.45) is 0 Å². The lowest BCUT2D eigenvalue weighted by Gasteiger charge is -2.14. The molecule has 0 aliphatic rings. The van der Waals surface area contributed by atoms with Crippen LogP contribution >= 0.6 is 22.9 Å². The van der Waals surface area contributed by atoms with E-state index in [-0.39, 0.29) is 18.2 Å². The van der Waals surface area contributed by atoms with E-state index >= 15 is 0 Å². The molecule has 6 heteroatoms. The fourth-order valence-electron chi connectivity index (χ4n) is 1.72. The van der Waals surface area contributed by atoms with Gasteiger partial charge in [-0.05, 0) is 40.1 Å². The second-order valence-corrected chi connectivity index (χ2v) is 5.24. The van der Waals surface area contributed by atoms with E-state index in [9.17, 15) is 13.2 Å². The first-order chi connectivity index (χ1) is 9.50. The second kappa shape index (κ2) is 6.50. The van der Waals surface area contributed by atoms with E-state index in [0.29, 0.717) is 12.0 Å². The van der Waals surface area contributed by atoms with Crippen molar-refractivity contribution in [3.05, 3.63) is 51.7 Å². The second-order valence-electron chi connectivity index (χ2n) is 4.19. The van der Waals surface area contributed by atoms with Gasteiger partial charge >= 0.3 is 6.18 Å². The Morgan fingerprint density at radius 3 is 2.55 bits per heavy atom. The molecule has 0 amide bonds. The molecule has 0 aliphatic carbocycles. The Morgan fingerprint density at radius 2 is 1.95 bits per heavy atom. The van der Waals surface area contributed by atoms with Gasteiger partial charge in [-0.25, -0.2) is 0 Å². The van der Waals surface area contributed by atoms with E-state index in [1.54, 1.807) is 17.4 Å². The van der Waals surface area contributed by atoms with Gasteiger partial charge in [0.05, 0.1) is 12.2 Å². The zero-order valence-electron chi connectivity index (χ0n) is 10.4. The topological polar surface area (TPSA) is 9.23 Å². The minimum Gasteiger partial charge on any atom is -0.493 e. The molecule has 0 radical (unpaired) electrons. The summed E-state index contributed by atoms with van der Waals surface area (Å²) in [6.07, 6.45) is -3.86. The average Bonchev–Trinajstić information content (AvgIpc) is 2.91. The molecule has 2 aromatic rings. The van der Waals surface area contributed by atoms with Crippen LogP contribution in [-0.2, 0) is 18.5 Å². The summed E-state index contributed by atoms with van der Waals surface area (Å²) in [7, 11) is 0. The molecule has 108 valence electrons. The molecule has 0 fully saturated rings. The van der Waals surface area contributed by atoms with E-state index in [0.717, 1.165) is 11.6 Å². The van der Waals surface area contributed by atoms with Crippen LogP contribution in [0.1, 0.15) is 16.7 Å². The van der Waals surface area contributed by atoms with Crippen molar-refractivity contribution in [2.45, 2.75) is 18.5 Å². The van der Waals surface area contributed by atoms with Crippen LogP contribution in [0, 0.1) is 0 Å². The molecule has 0 atom stereocenters. The maximum atomic E-state index is 12.9. The van der Waals surface area contributed by atoms with Crippen molar-refractivity contribution in [1.29, 1.82) is 0 Å². The van der Waals surface area contributed by atoms with E-state index < -0.39 is 11.7 Å². The number of thiophene rings is 1. The summed E-state index contributed by atoms with van der Waals surface area (Å²) in [6, 6.07) is 5.83. The van der Waals surface area contributed by atoms with E-state index in [1.165, 1.54) is 6.07 Å². The number of hydrogen-bond donors (Lipinski definition) is 0. The van der Waals surface area contributed by atoms with Crippen molar-refractivity contribution in [3.8, 4) is 5.75 Å². The number of rotatable bonds is 5. The van der Waals surface area contributed by atoms with Gasteiger partial charge in [0, 0.05) is 12.3 Å². The lowest BCUT2D eigenvalue weighted by molar-refractivity contribution is -0.139. The molecule has 1 aromatic carbocycles. The number of alkyl halides is 4. The Labute approximate surface area is 124 Å². The molecule has 1 heterocycles. The largest absolute Gasteiger partial charge is 0.493 e. The van der Waals surface area contributed by atoms with Gasteiger partial charge in [-0.1, -0.05) is 6.07 Å². The van der Waals surface area contributed by atoms with Crippen molar-refractivity contribution in [2.75, 3.05) is 6.61 Å². The quantitative estimate of drug-likeness (QED) is 0.694. The predicted octanol–water partition coefficient (Wildman–Crippen LogP) is 5.13. The normalized spacial score (nSPS) is 11.6. The molecule has 20 heavy (non-hydrogen) atoms. The van der Waals surface area contributed by atoms with Gasteiger partial charge in [0.2, 0.25) is 0 Å². The Kier molecular flexibility index (Phi) is 4.94. The van der Waals surface area contributed by atoms with E-state index in [4.69, 9.17) is 16.3 Å². The highest BCUT2D eigenvalue weighted by atomic mass is 35.5. The molecule has 1 aromatic heterocycles. The minimum absolute atomic E-state index is 0.0399. The van der Waals surface area contributed by atoms with Gasteiger partial charge in [0.25, 0.3) is 0 Å². The van der Waals surface area contributed by atoms with Crippen molar-refractivity contribution < 1.29 is 17.9 Å². The standard InChI is InChI=1S/C14H12ClF3OS/c15-8-11-1-2-13(12(7-11)14(16,17)18)19-5-3-10-4-6-20-9-10/h1-2,4,6-7,9H,3,5,8H2. The summed E-state index contributed by atoms with van der Waals surface area (Å²) in [5.74, 6) is -0.111. The molecule has 0 spiro atoms. The van der Waals surface area contributed by atoms with Gasteiger partial charge < -0.3 is 4.74 Å².